The average Bonchev–Trinajstić information content (AvgIpc) is 2.77. The summed E-state index contributed by atoms with van der Waals surface area (Å²) < 4.78 is 38.2. The largest absolute Gasteiger partial charge is 0.472 e. The first-order valence-corrected chi connectivity index (χ1v) is 12.8. The van der Waals surface area contributed by atoms with Crippen LogP contribution in [0.2, 0.25) is 0 Å². The van der Waals surface area contributed by atoms with Crippen molar-refractivity contribution >= 4 is 25.5 Å². The van der Waals surface area contributed by atoms with Gasteiger partial charge in [-0.15, -0.1) is 0 Å². The number of esters is 2. The highest BCUT2D eigenvalue weighted by atomic mass is 31.2. The predicted molar refractivity (Wildman–Crippen MR) is 123 cm³/mol. The lowest BCUT2D eigenvalue weighted by Crippen LogP contribution is -2.61. The van der Waals surface area contributed by atoms with E-state index in [1.54, 1.807) is 51.1 Å². The molecule has 12 nitrogen and oxygen atoms in total. The van der Waals surface area contributed by atoms with Gasteiger partial charge in [-0.2, -0.15) is 0 Å². The lowest BCUT2D eigenvalue weighted by atomic mass is 9.95. The van der Waals surface area contributed by atoms with E-state index in [4.69, 9.17) is 18.9 Å². The number of phosphoric acid groups is 1. The van der Waals surface area contributed by atoms with Crippen LogP contribution in [-0.4, -0.2) is 69.9 Å². The van der Waals surface area contributed by atoms with E-state index in [1.165, 1.54) is 6.92 Å². The Morgan fingerprint density at radius 2 is 1.69 bits per heavy atom. The van der Waals surface area contributed by atoms with Crippen LogP contribution in [0.5, 0.6) is 0 Å². The number of ketones is 1. The van der Waals surface area contributed by atoms with Crippen molar-refractivity contribution < 1.29 is 57.3 Å². The Kier molecular flexibility index (Phi) is 10.7. The monoisotopic (exact) mass is 532 g/mol. The van der Waals surface area contributed by atoms with Crippen molar-refractivity contribution in [2.75, 3.05) is 6.61 Å². The molecular weight excluding hydrogens is 499 g/mol. The highest BCUT2D eigenvalue weighted by Crippen LogP contribution is 2.42. The third kappa shape index (κ3) is 9.70. The molecule has 0 spiro atoms. The topological polar surface area (TPSA) is 175 Å². The molecule has 0 aliphatic carbocycles. The summed E-state index contributed by atoms with van der Waals surface area (Å²) in [6.07, 6.45) is -7.97. The molecule has 0 amide bonds. The van der Waals surface area contributed by atoms with Gasteiger partial charge in [-0.1, -0.05) is 30.3 Å². The Morgan fingerprint density at radius 1 is 1.06 bits per heavy atom. The molecule has 0 aromatic heterocycles. The number of carbonyl (C=O) groups excluding carboxylic acids is 3. The number of aliphatic hydroxyl groups is 1. The van der Waals surface area contributed by atoms with E-state index in [0.29, 0.717) is 0 Å². The molecule has 2 rings (SSSR count). The molecule has 13 heteroatoms. The van der Waals surface area contributed by atoms with Gasteiger partial charge in [-0.3, -0.25) is 14.1 Å². The summed E-state index contributed by atoms with van der Waals surface area (Å²) in [5, 5.41) is 11.1. The van der Waals surface area contributed by atoms with Crippen LogP contribution in [0.15, 0.2) is 30.3 Å². The van der Waals surface area contributed by atoms with Crippen molar-refractivity contribution in [2.24, 2.45) is 5.41 Å². The quantitative estimate of drug-likeness (QED) is 0.278. The molecular formula is C23H33O12P. The Hall–Kier alpha value is -2.18. The number of carbonyl (C=O) groups is 3. The lowest BCUT2D eigenvalue weighted by Gasteiger charge is -2.43. The molecule has 0 radical (unpaired) electrons. The summed E-state index contributed by atoms with van der Waals surface area (Å²) >= 11 is 0. The van der Waals surface area contributed by atoms with Gasteiger partial charge in [0.05, 0.1) is 18.4 Å². The zero-order valence-corrected chi connectivity index (χ0v) is 21.5. The van der Waals surface area contributed by atoms with E-state index in [-0.39, 0.29) is 25.2 Å². The lowest BCUT2D eigenvalue weighted by molar-refractivity contribution is -0.296. The smallest absolute Gasteiger partial charge is 0.463 e. The van der Waals surface area contributed by atoms with Crippen molar-refractivity contribution in [3.05, 3.63) is 35.9 Å². The first-order chi connectivity index (χ1) is 16.7. The summed E-state index contributed by atoms with van der Waals surface area (Å²) in [6, 6.07) is 8.89. The van der Waals surface area contributed by atoms with Gasteiger partial charge in [0.1, 0.15) is 30.7 Å². The molecule has 1 unspecified atom stereocenters. The van der Waals surface area contributed by atoms with Crippen LogP contribution in [-0.2, 0) is 49.0 Å². The third-order valence-corrected chi connectivity index (χ3v) is 5.57. The summed E-state index contributed by atoms with van der Waals surface area (Å²) in [5.74, 6) is -1.72. The fourth-order valence-corrected chi connectivity index (χ4v) is 3.61. The number of rotatable bonds is 11. The minimum atomic E-state index is -5.16. The maximum Gasteiger partial charge on any atom is 0.472 e. The molecule has 36 heavy (non-hydrogen) atoms. The second kappa shape index (κ2) is 12.9. The maximum atomic E-state index is 12.5. The summed E-state index contributed by atoms with van der Waals surface area (Å²) in [5.41, 5.74) is -0.283. The maximum absolute atomic E-state index is 12.5. The molecule has 1 heterocycles. The highest BCUT2D eigenvalue weighted by molar-refractivity contribution is 7.46. The van der Waals surface area contributed by atoms with Crippen LogP contribution in [0.4, 0.5) is 0 Å². The molecule has 1 aromatic rings. The van der Waals surface area contributed by atoms with E-state index in [1.807, 2.05) is 0 Å². The van der Waals surface area contributed by atoms with Crippen LogP contribution < -0.4 is 0 Å². The van der Waals surface area contributed by atoms with E-state index < -0.39 is 62.5 Å². The zero-order valence-electron chi connectivity index (χ0n) is 20.6. The van der Waals surface area contributed by atoms with Gasteiger partial charge in [-0.05, 0) is 33.3 Å². The zero-order chi connectivity index (χ0) is 27.1. The van der Waals surface area contributed by atoms with Gasteiger partial charge < -0.3 is 38.6 Å². The molecule has 1 fully saturated rings. The Morgan fingerprint density at radius 3 is 2.25 bits per heavy atom. The number of aliphatic hydroxyl groups excluding tert-OH is 1. The van der Waals surface area contributed by atoms with Crippen LogP contribution in [0.25, 0.3) is 0 Å². The van der Waals surface area contributed by atoms with Crippen LogP contribution in [0.1, 0.15) is 46.1 Å². The first kappa shape index (κ1) is 30.0. The molecule has 0 saturated carbocycles. The fraction of sp³-hybridized carbons (Fsp3) is 0.609. The number of hydrogen-bond donors (Lipinski definition) is 3. The van der Waals surface area contributed by atoms with Crippen LogP contribution >= 0.6 is 7.82 Å². The molecule has 1 saturated heterocycles. The SMILES string of the molecule is CC(=O)CCC(=O)OC[C@H]1OC(OP(=O)(O)O)[C@H](OC(=O)C(C)(C)C)[C@@H](O)[C@@H]1OCc1ccccc1. The normalized spacial score (nSPS) is 24.7. The van der Waals surface area contributed by atoms with Crippen LogP contribution in [0.3, 0.4) is 0 Å². The van der Waals surface area contributed by atoms with E-state index in [0.717, 1.165) is 5.56 Å². The highest BCUT2D eigenvalue weighted by Gasteiger charge is 2.51. The van der Waals surface area contributed by atoms with Crippen molar-refractivity contribution in [3.63, 3.8) is 0 Å². The Labute approximate surface area is 209 Å². The van der Waals surface area contributed by atoms with Crippen molar-refractivity contribution in [2.45, 2.75) is 77.8 Å². The van der Waals surface area contributed by atoms with Crippen molar-refractivity contribution in [3.8, 4) is 0 Å². The summed E-state index contributed by atoms with van der Waals surface area (Å²) in [7, 11) is -5.16. The van der Waals surface area contributed by atoms with Gasteiger partial charge in [0.25, 0.3) is 0 Å². The van der Waals surface area contributed by atoms with Gasteiger partial charge in [0, 0.05) is 6.42 Å². The van der Waals surface area contributed by atoms with Crippen molar-refractivity contribution in [1.29, 1.82) is 0 Å². The minimum absolute atomic E-state index is 0.00926. The van der Waals surface area contributed by atoms with Gasteiger partial charge in [-0.25, -0.2) is 4.57 Å². The molecule has 1 aliphatic rings. The van der Waals surface area contributed by atoms with Crippen molar-refractivity contribution in [1.82, 2.24) is 0 Å². The molecule has 5 atom stereocenters. The molecule has 1 aliphatic heterocycles. The number of benzene rings is 1. The van der Waals surface area contributed by atoms with E-state index in [2.05, 4.69) is 4.52 Å². The van der Waals surface area contributed by atoms with E-state index >= 15 is 0 Å². The van der Waals surface area contributed by atoms with Gasteiger partial charge in [0.15, 0.2) is 6.10 Å². The Bertz CT molecular complexity index is 938. The first-order valence-electron chi connectivity index (χ1n) is 11.3. The number of phosphoric ester groups is 1. The number of hydrogen-bond acceptors (Lipinski definition) is 10. The molecule has 0 bridgehead atoms. The van der Waals surface area contributed by atoms with Gasteiger partial charge in [0.2, 0.25) is 6.29 Å². The third-order valence-electron chi connectivity index (χ3n) is 5.09. The molecule has 202 valence electrons. The number of Topliss-reactive ketones (excluding diaryl/α,β-unsaturated/α-hetero) is 1. The fourth-order valence-electron chi connectivity index (χ4n) is 3.17. The Balaban J connectivity index is 2.28. The molecule has 3 N–H and O–H groups in total. The second-order valence-electron chi connectivity index (χ2n) is 9.40. The number of ether oxygens (including phenoxy) is 4. The van der Waals surface area contributed by atoms with Gasteiger partial charge >= 0.3 is 19.8 Å². The average molecular weight is 532 g/mol. The molecule has 1 aromatic carbocycles. The minimum Gasteiger partial charge on any atom is -0.463 e. The predicted octanol–water partition coefficient (Wildman–Crippen LogP) is 1.64. The standard InChI is InChI=1S/C23H33O12P/c1-14(24)10-11-17(25)31-13-16-19(32-12-15-8-6-5-7-9-15)18(26)20(34-22(27)23(2,3)4)21(33-16)35-36(28,29)30/h5-9,16,18-21,26H,10-13H2,1-4H3,(H2,28,29,30)/t16-,18+,19-,20-,21?/m1/s1. The summed E-state index contributed by atoms with van der Waals surface area (Å²) in [6.45, 7) is 5.48. The second-order valence-corrected chi connectivity index (χ2v) is 10.6. The van der Waals surface area contributed by atoms with Crippen LogP contribution in [0, 0.1) is 5.41 Å². The summed E-state index contributed by atoms with van der Waals surface area (Å²) in [4.78, 5) is 54.4. The van der Waals surface area contributed by atoms with E-state index in [9.17, 15) is 33.8 Å².